The van der Waals surface area contributed by atoms with Crippen LogP contribution in [0.4, 0.5) is 67.1 Å². The van der Waals surface area contributed by atoms with Gasteiger partial charge in [0, 0.05) is 78.5 Å². The maximum absolute atomic E-state index is 14.8. The van der Waals surface area contributed by atoms with Gasteiger partial charge in [-0.05, 0) is 111 Å². The fourth-order valence-corrected chi connectivity index (χ4v) is 16.9. The van der Waals surface area contributed by atoms with Crippen molar-refractivity contribution in [3.05, 3.63) is 90.2 Å². The Morgan fingerprint density at radius 2 is 0.632 bits per heavy atom. The van der Waals surface area contributed by atoms with Gasteiger partial charge in [-0.2, -0.15) is 52.4 Å². The number of hydrogen-bond acceptors (Lipinski definition) is 19. The van der Waals surface area contributed by atoms with Crippen LogP contribution in [0.15, 0.2) is 87.5 Å². The molecular formula is C54H63F12N6O19PS3. The second-order valence-electron chi connectivity index (χ2n) is 23.0. The summed E-state index contributed by atoms with van der Waals surface area (Å²) in [5.74, 6) is -2.16. The summed E-state index contributed by atoms with van der Waals surface area (Å²) < 4.78 is 318. The summed E-state index contributed by atoms with van der Waals surface area (Å²) in [6.07, 6.45) is -34.5. The van der Waals surface area contributed by atoms with Crippen molar-refractivity contribution in [3.63, 3.8) is 0 Å². The average Bonchev–Trinajstić information content (AvgIpc) is 0.796. The minimum absolute atomic E-state index is 0.158. The number of alkyl halides is 9. The monoisotopic (exact) mass is 1450 g/mol. The van der Waals surface area contributed by atoms with E-state index in [4.69, 9.17) is 27.8 Å². The van der Waals surface area contributed by atoms with Crippen LogP contribution < -0.4 is 0 Å². The number of morpholine rings is 3. The van der Waals surface area contributed by atoms with Gasteiger partial charge in [-0.1, -0.05) is 0 Å². The second-order valence-corrected chi connectivity index (χ2v) is 30.5. The van der Waals surface area contributed by atoms with Gasteiger partial charge < -0.3 is 43.1 Å². The zero-order valence-electron chi connectivity index (χ0n) is 49.8. The molecule has 3 aromatic carbocycles. The first-order chi connectivity index (χ1) is 44.3. The van der Waals surface area contributed by atoms with Crippen LogP contribution >= 0.6 is 7.82 Å². The lowest BCUT2D eigenvalue weighted by atomic mass is 9.90. The molecule has 6 aliphatic rings. The van der Waals surface area contributed by atoms with Crippen molar-refractivity contribution in [1.82, 2.24) is 27.6 Å². The van der Waals surface area contributed by atoms with Crippen LogP contribution in [-0.4, -0.2) is 243 Å². The summed E-state index contributed by atoms with van der Waals surface area (Å²) in [7, 11) is -19.1. The Kier molecular flexibility index (Phi) is 22.2. The number of nitrogens with zero attached hydrogens (tertiary/aromatic N) is 6. The summed E-state index contributed by atoms with van der Waals surface area (Å²) in [4.78, 5) is 41.6. The molecule has 3 amide bonds. The van der Waals surface area contributed by atoms with Crippen molar-refractivity contribution in [2.45, 2.75) is 107 Å². The molecule has 0 saturated carbocycles. The third-order valence-corrected chi connectivity index (χ3v) is 23.7. The molecule has 0 aromatic heterocycles. The van der Waals surface area contributed by atoms with Crippen LogP contribution in [0.2, 0.25) is 0 Å². The van der Waals surface area contributed by atoms with E-state index in [2.05, 4.69) is 14.2 Å². The molecule has 6 aliphatic heterocycles. The number of ether oxygens (including phenoxy) is 6. The van der Waals surface area contributed by atoms with Crippen molar-refractivity contribution in [3.8, 4) is 0 Å². The Balaban J connectivity index is 0.867. The van der Waals surface area contributed by atoms with Gasteiger partial charge in [-0.3, -0.25) is 13.6 Å². The molecule has 3 aromatic rings. The molecule has 95 heavy (non-hydrogen) atoms. The van der Waals surface area contributed by atoms with Crippen LogP contribution in [-0.2, 0) is 76.6 Å². The van der Waals surface area contributed by atoms with Crippen LogP contribution in [0.1, 0.15) is 38.5 Å². The number of sulfonamides is 3. The molecule has 530 valence electrons. The highest BCUT2D eigenvalue weighted by Crippen LogP contribution is 2.52. The highest BCUT2D eigenvalue weighted by Gasteiger charge is 2.53. The largest absolute Gasteiger partial charge is 0.475 e. The van der Waals surface area contributed by atoms with E-state index in [9.17, 15) is 96.9 Å². The minimum atomic E-state index is -6.40. The van der Waals surface area contributed by atoms with Crippen LogP contribution in [0.25, 0.3) is 0 Å². The number of likely N-dealkylation sites (tertiary alicyclic amines) is 3. The lowest BCUT2D eigenvalue weighted by Crippen LogP contribution is -2.58. The topological polar surface area (TPSA) is 273 Å². The van der Waals surface area contributed by atoms with E-state index in [0.717, 1.165) is 85.7 Å². The highest BCUT2D eigenvalue weighted by atomic mass is 32.2. The molecule has 0 N–H and O–H groups in total. The average molecular weight is 1460 g/mol. The van der Waals surface area contributed by atoms with E-state index < -0.39 is 186 Å². The molecule has 3 spiro atoms. The summed E-state index contributed by atoms with van der Waals surface area (Å²) in [6.45, 7) is -11.5. The van der Waals surface area contributed by atoms with E-state index >= 15 is 0 Å². The van der Waals surface area contributed by atoms with Gasteiger partial charge in [0.1, 0.15) is 37.3 Å². The van der Waals surface area contributed by atoms with E-state index in [0.29, 0.717) is 14.7 Å². The molecular weight excluding hydrogens is 1390 g/mol. The Hall–Kier alpha value is -5.65. The molecule has 0 aliphatic carbocycles. The van der Waals surface area contributed by atoms with Gasteiger partial charge in [0.2, 0.25) is 48.4 Å². The number of rotatable bonds is 18. The first kappa shape index (κ1) is 73.6. The van der Waals surface area contributed by atoms with Crippen molar-refractivity contribution >= 4 is 56.2 Å². The predicted molar refractivity (Wildman–Crippen MR) is 298 cm³/mol. The molecule has 6 fully saturated rings. The number of amides is 3. The molecule has 0 bridgehead atoms. The lowest BCUT2D eigenvalue weighted by molar-refractivity contribution is -0.222. The van der Waals surface area contributed by atoms with Gasteiger partial charge >= 0.3 is 44.6 Å². The number of carbonyl (C=O) groups excluding carboxylic acids is 3. The molecule has 0 radical (unpaired) electrons. The number of hydrogen-bond donors (Lipinski definition) is 0. The van der Waals surface area contributed by atoms with E-state index in [1.165, 1.54) is 0 Å². The van der Waals surface area contributed by atoms with Gasteiger partial charge in [0.15, 0.2) is 0 Å². The number of phosphoric ester groups is 1. The second kappa shape index (κ2) is 28.7. The lowest BCUT2D eigenvalue weighted by Gasteiger charge is -2.46. The Bertz CT molecular complexity index is 3230. The third kappa shape index (κ3) is 17.8. The minimum Gasteiger partial charge on any atom is -0.434 e. The summed E-state index contributed by atoms with van der Waals surface area (Å²) in [5, 5.41) is 0. The summed E-state index contributed by atoms with van der Waals surface area (Å²) >= 11 is 0. The molecule has 25 nitrogen and oxygen atoms in total. The smallest absolute Gasteiger partial charge is 0.434 e. The molecule has 9 rings (SSSR count). The fourth-order valence-electron chi connectivity index (χ4n) is 11.3. The van der Waals surface area contributed by atoms with E-state index in [-0.39, 0.29) is 112 Å². The summed E-state index contributed by atoms with van der Waals surface area (Å²) in [5.41, 5.74) is -3.93. The highest BCUT2D eigenvalue weighted by molar-refractivity contribution is 7.89. The normalized spacial score (nSPS) is 22.0. The molecule has 3 unspecified atom stereocenters. The van der Waals surface area contributed by atoms with Gasteiger partial charge in [-0.15, -0.1) is 0 Å². The number of piperidine rings is 3. The Morgan fingerprint density at radius 3 is 0.842 bits per heavy atom. The van der Waals surface area contributed by atoms with E-state index in [1.54, 1.807) is 0 Å². The van der Waals surface area contributed by atoms with Crippen LogP contribution in [0, 0.1) is 17.5 Å². The predicted octanol–water partition coefficient (Wildman–Crippen LogP) is 7.43. The zero-order valence-corrected chi connectivity index (χ0v) is 53.1. The van der Waals surface area contributed by atoms with Crippen molar-refractivity contribution in [2.75, 3.05) is 118 Å². The van der Waals surface area contributed by atoms with Gasteiger partial charge in [-0.25, -0.2) is 57.4 Å². The number of benzene rings is 3. The Morgan fingerprint density at radius 1 is 0.411 bits per heavy atom. The molecule has 41 heteroatoms. The molecule has 6 saturated heterocycles. The Labute approximate surface area is 536 Å². The number of carbonyl (C=O) groups is 3. The number of phosphoric acid groups is 1. The van der Waals surface area contributed by atoms with Crippen molar-refractivity contribution < 1.29 is 139 Å². The molecule has 3 atom stereocenters. The maximum Gasteiger partial charge on any atom is 0.475 e. The quantitative estimate of drug-likeness (QED) is 0.0680. The van der Waals surface area contributed by atoms with Crippen molar-refractivity contribution in [2.24, 2.45) is 0 Å². The summed E-state index contributed by atoms with van der Waals surface area (Å²) in [6, 6.07) is 11.7. The van der Waals surface area contributed by atoms with Gasteiger partial charge in [0.25, 0.3) is 0 Å². The zero-order chi connectivity index (χ0) is 69.2. The maximum atomic E-state index is 14.8. The van der Waals surface area contributed by atoms with Crippen molar-refractivity contribution in [1.29, 1.82) is 0 Å². The standard InChI is InChI=1S/C54H63F12N6O19PS3/c55-37-1-7-40(8-2-37)93(77,78)70-25-28-83-49(34-70)13-19-67(20-14-49)46(73)89-43(52(58,59)60)31-86-92(76,87-32-44(53(61,62)63)90-47(74)68-21-15-50(16-22-68)35-71(26-29-84-50)94(79,80)41-9-3-38(56)4-10-41)88-33-45(54(64,65)66)91-48(75)69-23-17-51(18-24-69)36-72(27-30-85-51)95(81,82)42-11-5-39(57)6-12-42/h1-12,43-45H,13-36H2. The first-order valence-electron chi connectivity index (χ1n) is 29.1. The number of halogens is 12. The van der Waals surface area contributed by atoms with Crippen LogP contribution in [0.3, 0.4) is 0 Å². The van der Waals surface area contributed by atoms with Gasteiger partial charge in [0.05, 0.1) is 51.3 Å². The SMILES string of the molecule is O=C(OC(COP(=O)(OCC(OC(=O)N1CCC2(CC1)CN(S(=O)(=O)c1ccc(F)cc1)CCO2)C(F)(F)F)OCC(OC(=O)N1CCC2(CC1)CN(S(=O)(=O)c1ccc(F)cc1)CCO2)C(F)(F)F)C(F)(F)F)N1CCC2(CC1)CN(S(=O)(=O)c1ccc(F)cc1)CCO2. The first-order valence-corrected chi connectivity index (χ1v) is 34.9. The van der Waals surface area contributed by atoms with E-state index in [1.807, 2.05) is 0 Å². The fraction of sp³-hybridized carbons (Fsp3) is 0.611. The third-order valence-electron chi connectivity index (χ3n) is 16.8. The van der Waals surface area contributed by atoms with Crippen LogP contribution in [0.5, 0.6) is 0 Å². The molecule has 6 heterocycles.